The van der Waals surface area contributed by atoms with E-state index in [0.717, 1.165) is 16.5 Å². The number of aromatic nitrogens is 1. The van der Waals surface area contributed by atoms with Gasteiger partial charge < -0.3 is 14.6 Å². The van der Waals surface area contributed by atoms with Gasteiger partial charge in [0.25, 0.3) is 5.91 Å². The van der Waals surface area contributed by atoms with Crippen molar-refractivity contribution in [2.45, 2.75) is 33.7 Å². The van der Waals surface area contributed by atoms with Crippen molar-refractivity contribution in [3.63, 3.8) is 0 Å². The summed E-state index contributed by atoms with van der Waals surface area (Å²) in [5, 5.41) is 9.91. The first kappa shape index (κ1) is 16.1. The Balaban J connectivity index is 2.46. The van der Waals surface area contributed by atoms with E-state index in [0.29, 0.717) is 18.8 Å². The van der Waals surface area contributed by atoms with Crippen molar-refractivity contribution in [2.75, 3.05) is 13.1 Å². The van der Waals surface area contributed by atoms with E-state index < -0.39 is 5.97 Å². The molecule has 0 aliphatic carbocycles. The molecule has 0 aliphatic rings. The van der Waals surface area contributed by atoms with E-state index >= 15 is 0 Å². The number of rotatable bonds is 6. The second-order valence-electron chi connectivity index (χ2n) is 5.26. The molecule has 22 heavy (non-hydrogen) atoms. The molecule has 1 amide bonds. The third kappa shape index (κ3) is 2.84. The minimum absolute atomic E-state index is 0.0367. The van der Waals surface area contributed by atoms with Crippen molar-refractivity contribution in [1.82, 2.24) is 9.47 Å². The number of aliphatic carboxylic acids is 1. The van der Waals surface area contributed by atoms with Gasteiger partial charge in [-0.25, -0.2) is 0 Å². The zero-order valence-electron chi connectivity index (χ0n) is 13.3. The largest absolute Gasteiger partial charge is 0.481 e. The maximum absolute atomic E-state index is 12.9. The zero-order valence-corrected chi connectivity index (χ0v) is 13.3. The van der Waals surface area contributed by atoms with Gasteiger partial charge in [0, 0.05) is 30.5 Å². The average Bonchev–Trinajstić information content (AvgIpc) is 2.80. The first-order valence-corrected chi connectivity index (χ1v) is 7.60. The molecule has 118 valence electrons. The molecule has 0 radical (unpaired) electrons. The first-order chi connectivity index (χ1) is 10.5. The van der Waals surface area contributed by atoms with Crippen molar-refractivity contribution >= 4 is 22.8 Å². The highest BCUT2D eigenvalue weighted by atomic mass is 16.4. The number of nitrogens with zero attached hydrogens (tertiary/aromatic N) is 2. The van der Waals surface area contributed by atoms with Gasteiger partial charge in [0.05, 0.1) is 6.42 Å². The second kappa shape index (κ2) is 6.64. The zero-order chi connectivity index (χ0) is 16.3. The van der Waals surface area contributed by atoms with Gasteiger partial charge in [0.15, 0.2) is 0 Å². The normalized spacial score (nSPS) is 10.9. The number of amides is 1. The summed E-state index contributed by atoms with van der Waals surface area (Å²) in [7, 11) is 0. The minimum atomic E-state index is -0.890. The fraction of sp³-hybridized carbons (Fsp3) is 0.412. The Morgan fingerprint density at radius 2 is 1.91 bits per heavy atom. The Bertz CT molecular complexity index is 703. The summed E-state index contributed by atoms with van der Waals surface area (Å²) in [6.07, 6.45) is -0.0367. The van der Waals surface area contributed by atoms with Crippen LogP contribution in [0.15, 0.2) is 24.3 Å². The molecule has 1 N–H and O–H groups in total. The number of carboxylic acid groups (broad SMARTS) is 1. The van der Waals surface area contributed by atoms with E-state index in [1.165, 1.54) is 0 Å². The van der Waals surface area contributed by atoms with Crippen molar-refractivity contribution < 1.29 is 14.7 Å². The number of fused-ring (bicyclic) bond motifs is 1. The van der Waals surface area contributed by atoms with Crippen LogP contribution in [0.5, 0.6) is 0 Å². The molecular formula is C17H22N2O3. The maximum atomic E-state index is 12.9. The fourth-order valence-corrected chi connectivity index (χ4v) is 2.86. The molecule has 0 saturated heterocycles. The highest BCUT2D eigenvalue weighted by Crippen LogP contribution is 2.26. The third-order valence-electron chi connectivity index (χ3n) is 4.01. The standard InChI is InChI=1S/C17H22N2O3/c1-4-18(11-10-15(20)21)17(22)16-12(3)13-8-6-7-9-14(13)19(16)5-2/h6-9H,4-5,10-11H2,1-3H3,(H,20,21). The van der Waals surface area contributed by atoms with E-state index in [1.807, 2.05) is 49.6 Å². The summed E-state index contributed by atoms with van der Waals surface area (Å²) in [6.45, 7) is 7.26. The van der Waals surface area contributed by atoms with Crippen LogP contribution in [-0.2, 0) is 11.3 Å². The van der Waals surface area contributed by atoms with Crippen LogP contribution >= 0.6 is 0 Å². The van der Waals surface area contributed by atoms with Gasteiger partial charge in [-0.1, -0.05) is 18.2 Å². The molecule has 0 unspecified atom stereocenters. The number of benzene rings is 1. The molecule has 5 heteroatoms. The Labute approximate surface area is 130 Å². The van der Waals surface area contributed by atoms with Crippen LogP contribution in [-0.4, -0.2) is 39.5 Å². The van der Waals surface area contributed by atoms with E-state index in [-0.39, 0.29) is 18.9 Å². The molecule has 0 saturated carbocycles. The topological polar surface area (TPSA) is 62.5 Å². The lowest BCUT2D eigenvalue weighted by Gasteiger charge is -2.21. The molecule has 5 nitrogen and oxygen atoms in total. The van der Waals surface area contributed by atoms with Gasteiger partial charge in [-0.2, -0.15) is 0 Å². The summed E-state index contributed by atoms with van der Waals surface area (Å²) in [6, 6.07) is 7.95. The van der Waals surface area contributed by atoms with Crippen LogP contribution in [0.4, 0.5) is 0 Å². The molecule has 0 fully saturated rings. The lowest BCUT2D eigenvalue weighted by Crippen LogP contribution is -2.34. The van der Waals surface area contributed by atoms with Gasteiger partial charge >= 0.3 is 5.97 Å². The maximum Gasteiger partial charge on any atom is 0.305 e. The molecular weight excluding hydrogens is 280 g/mol. The average molecular weight is 302 g/mol. The van der Waals surface area contributed by atoms with Crippen molar-refractivity contribution in [3.8, 4) is 0 Å². The van der Waals surface area contributed by atoms with Crippen LogP contribution in [0, 0.1) is 6.92 Å². The van der Waals surface area contributed by atoms with Crippen molar-refractivity contribution in [2.24, 2.45) is 0 Å². The van der Waals surface area contributed by atoms with Crippen LogP contribution in [0.1, 0.15) is 36.3 Å². The van der Waals surface area contributed by atoms with Crippen LogP contribution in [0.2, 0.25) is 0 Å². The Morgan fingerprint density at radius 1 is 1.23 bits per heavy atom. The molecule has 0 bridgehead atoms. The van der Waals surface area contributed by atoms with Gasteiger partial charge in [0.2, 0.25) is 0 Å². The highest BCUT2D eigenvalue weighted by Gasteiger charge is 2.23. The lowest BCUT2D eigenvalue weighted by molar-refractivity contribution is -0.137. The SMILES string of the molecule is CCN(CCC(=O)O)C(=O)c1c(C)c2ccccc2n1CC. The van der Waals surface area contributed by atoms with E-state index in [4.69, 9.17) is 5.11 Å². The van der Waals surface area contributed by atoms with Gasteiger partial charge in [-0.05, 0) is 32.4 Å². The van der Waals surface area contributed by atoms with Gasteiger partial charge in [-0.15, -0.1) is 0 Å². The second-order valence-corrected chi connectivity index (χ2v) is 5.26. The molecule has 1 aromatic heterocycles. The number of carbonyl (C=O) groups excluding carboxylic acids is 1. The first-order valence-electron chi connectivity index (χ1n) is 7.60. The van der Waals surface area contributed by atoms with Crippen molar-refractivity contribution in [1.29, 1.82) is 0 Å². The fourth-order valence-electron chi connectivity index (χ4n) is 2.86. The number of hydrogen-bond donors (Lipinski definition) is 1. The Morgan fingerprint density at radius 3 is 2.50 bits per heavy atom. The molecule has 0 spiro atoms. The summed E-state index contributed by atoms with van der Waals surface area (Å²) < 4.78 is 2.01. The number of carbonyl (C=O) groups is 2. The van der Waals surface area contributed by atoms with Crippen LogP contribution in [0.25, 0.3) is 10.9 Å². The van der Waals surface area contributed by atoms with Gasteiger partial charge in [-0.3, -0.25) is 9.59 Å². The summed E-state index contributed by atoms with van der Waals surface area (Å²) in [5.41, 5.74) is 2.66. The van der Waals surface area contributed by atoms with Gasteiger partial charge in [0.1, 0.15) is 5.69 Å². The van der Waals surface area contributed by atoms with E-state index in [2.05, 4.69) is 0 Å². The number of carboxylic acids is 1. The predicted octanol–water partition coefficient (Wildman–Crippen LogP) is 2.91. The molecule has 1 aromatic carbocycles. The predicted molar refractivity (Wildman–Crippen MR) is 86.2 cm³/mol. The van der Waals surface area contributed by atoms with E-state index in [9.17, 15) is 9.59 Å². The molecule has 0 atom stereocenters. The monoisotopic (exact) mass is 302 g/mol. The Hall–Kier alpha value is -2.30. The number of hydrogen-bond acceptors (Lipinski definition) is 2. The third-order valence-corrected chi connectivity index (χ3v) is 4.01. The molecule has 0 aliphatic heterocycles. The summed E-state index contributed by atoms with van der Waals surface area (Å²) >= 11 is 0. The highest BCUT2D eigenvalue weighted by molar-refractivity contribution is 6.01. The van der Waals surface area contributed by atoms with Crippen LogP contribution in [0.3, 0.4) is 0 Å². The molecule has 2 rings (SSSR count). The van der Waals surface area contributed by atoms with Crippen molar-refractivity contribution in [3.05, 3.63) is 35.5 Å². The summed E-state index contributed by atoms with van der Waals surface area (Å²) in [5.74, 6) is -0.988. The summed E-state index contributed by atoms with van der Waals surface area (Å²) in [4.78, 5) is 25.2. The number of para-hydroxylation sites is 1. The van der Waals surface area contributed by atoms with Crippen LogP contribution < -0.4 is 0 Å². The quantitative estimate of drug-likeness (QED) is 0.892. The lowest BCUT2D eigenvalue weighted by atomic mass is 10.1. The van der Waals surface area contributed by atoms with E-state index in [1.54, 1.807) is 4.90 Å². The number of aryl methyl sites for hydroxylation is 2. The minimum Gasteiger partial charge on any atom is -0.481 e. The molecule has 2 aromatic rings. The Kier molecular flexibility index (Phi) is 4.85. The molecule has 1 heterocycles. The smallest absolute Gasteiger partial charge is 0.305 e.